The van der Waals surface area contributed by atoms with Crippen molar-refractivity contribution < 1.29 is 25.8 Å². The normalized spacial score (nSPS) is 11.6. The molecule has 6 aromatic carbocycles. The molecular weight excluding hydrogens is 772 g/mol. The topological polar surface area (TPSA) is 43.8 Å². The van der Waals surface area contributed by atoms with E-state index in [0.717, 1.165) is 77.2 Å². The van der Waals surface area contributed by atoms with Crippen LogP contribution in [-0.4, -0.2) is 18.8 Å². The number of aromatic nitrogens is 4. The summed E-state index contributed by atoms with van der Waals surface area (Å²) in [5.74, 6) is 1.19. The molecule has 4 heterocycles. The summed E-state index contributed by atoms with van der Waals surface area (Å²) in [5.41, 5.74) is 7.84. The monoisotopic (exact) mass is 795 g/mol. The van der Waals surface area contributed by atoms with Crippen molar-refractivity contribution in [2.24, 2.45) is 0 Å². The van der Waals surface area contributed by atoms with Crippen molar-refractivity contribution in [1.29, 1.82) is 0 Å². The van der Waals surface area contributed by atoms with Crippen molar-refractivity contribution in [3.8, 4) is 34.0 Å². The Morgan fingerprint density at radius 3 is 1.31 bits per heavy atom. The van der Waals surface area contributed by atoms with Gasteiger partial charge in [0.2, 0.25) is 0 Å². The third-order valence-electron chi connectivity index (χ3n) is 8.96. The molecule has 0 aliphatic rings. The van der Waals surface area contributed by atoms with Crippen molar-refractivity contribution in [3.05, 3.63) is 158 Å². The molecule has 0 saturated carbocycles. The summed E-state index contributed by atoms with van der Waals surface area (Å²) in [7, 11) is 0. The van der Waals surface area contributed by atoms with Gasteiger partial charge in [0.05, 0.1) is 22.7 Å². The van der Waals surface area contributed by atoms with E-state index in [9.17, 15) is 0 Å². The van der Waals surface area contributed by atoms with Crippen LogP contribution in [0.15, 0.2) is 146 Å². The van der Waals surface area contributed by atoms with Crippen LogP contribution in [-0.2, 0) is 21.1 Å². The summed E-state index contributed by atoms with van der Waals surface area (Å²) in [6.45, 7) is 0. The minimum Gasteiger partial charge on any atom is -0.497 e. The van der Waals surface area contributed by atoms with Gasteiger partial charge in [-0.2, -0.15) is 0 Å². The van der Waals surface area contributed by atoms with Gasteiger partial charge in [0.25, 0.3) is 0 Å². The molecule has 0 spiro atoms. The van der Waals surface area contributed by atoms with Gasteiger partial charge < -0.3 is 13.5 Å². The number of fused-ring (bicyclic) bond motifs is 12. The number of rotatable bonds is 4. The van der Waals surface area contributed by atoms with Crippen LogP contribution in [0, 0.1) is 12.1 Å². The molecule has 228 valence electrons. The van der Waals surface area contributed by atoms with Crippen molar-refractivity contribution in [3.63, 3.8) is 0 Å². The number of hydrogen-bond donors (Lipinski definition) is 0. The Kier molecular flexibility index (Phi) is 6.63. The number of imidazole rings is 2. The van der Waals surface area contributed by atoms with Gasteiger partial charge >= 0.3 is 21.1 Å². The van der Waals surface area contributed by atoms with Crippen molar-refractivity contribution in [2.45, 2.75) is 0 Å². The van der Waals surface area contributed by atoms with Gasteiger partial charge in [-0.15, -0.1) is 12.1 Å². The minimum atomic E-state index is 0. The summed E-state index contributed by atoms with van der Waals surface area (Å²) in [6.07, 6.45) is 4.21. The zero-order valence-electron chi connectivity index (χ0n) is 25.4. The Balaban J connectivity index is 0.00000314. The SMILES string of the molecule is [Pt+2].[c-]1c(Oc2[c-]c3c(cc2)c2ccccc2n2cc(-c4ccccc4)nc32)ccc2c1c1nc(-c3ccccc3)cn1c1ccccc21. The minimum absolute atomic E-state index is 0. The van der Waals surface area contributed by atoms with Crippen molar-refractivity contribution in [1.82, 2.24) is 18.8 Å². The molecule has 0 radical (unpaired) electrons. The molecule has 5 nitrogen and oxygen atoms in total. The third-order valence-corrected chi connectivity index (χ3v) is 8.96. The maximum absolute atomic E-state index is 6.51. The van der Waals surface area contributed by atoms with Crippen LogP contribution in [0.25, 0.3) is 77.2 Å². The summed E-state index contributed by atoms with van der Waals surface area (Å²) >= 11 is 0. The van der Waals surface area contributed by atoms with E-state index in [0.29, 0.717) is 11.5 Å². The van der Waals surface area contributed by atoms with Gasteiger partial charge in [0, 0.05) is 46.1 Å². The first-order valence-electron chi connectivity index (χ1n) is 15.6. The molecule has 10 aromatic rings. The Morgan fingerprint density at radius 2 is 0.854 bits per heavy atom. The van der Waals surface area contributed by atoms with E-state index in [4.69, 9.17) is 14.7 Å². The Labute approximate surface area is 290 Å². The number of hydrogen-bond acceptors (Lipinski definition) is 3. The van der Waals surface area contributed by atoms with Crippen LogP contribution < -0.4 is 4.74 Å². The standard InChI is InChI=1S/C42H24N4O.Pt/c1-3-11-27(12-4-1)37-25-45-39-17-9-7-15-33(39)31-21-19-29(23-35(31)41(45)43-37)47-30-20-22-32-34-16-8-10-18-40(34)46-26-38(28-13-5-2-6-14-28)44-42(46)36(32)24-30;/h1-22,25-26H;/q-2;+2. The van der Waals surface area contributed by atoms with Crippen LogP contribution in [0.2, 0.25) is 0 Å². The predicted molar refractivity (Wildman–Crippen MR) is 189 cm³/mol. The zero-order chi connectivity index (χ0) is 30.9. The fraction of sp³-hybridized carbons (Fsp3) is 0. The molecule has 0 unspecified atom stereocenters. The largest absolute Gasteiger partial charge is 2.00 e. The molecule has 0 bridgehead atoms. The summed E-state index contributed by atoms with van der Waals surface area (Å²) in [5, 5.41) is 6.22. The Bertz CT molecular complexity index is 2630. The number of ether oxygens (including phenoxy) is 1. The molecule has 0 saturated heterocycles. The van der Waals surface area contributed by atoms with E-state index in [-0.39, 0.29) is 21.1 Å². The number of para-hydroxylation sites is 2. The smallest absolute Gasteiger partial charge is 0.497 e. The predicted octanol–water partition coefficient (Wildman–Crippen LogP) is 10.3. The zero-order valence-corrected chi connectivity index (χ0v) is 27.6. The third kappa shape index (κ3) is 4.43. The summed E-state index contributed by atoms with van der Waals surface area (Å²) < 4.78 is 10.8. The average molecular weight is 796 g/mol. The van der Waals surface area contributed by atoms with E-state index < -0.39 is 0 Å². The second kappa shape index (κ2) is 11.2. The van der Waals surface area contributed by atoms with Crippen LogP contribution in [0.4, 0.5) is 0 Å². The van der Waals surface area contributed by atoms with Crippen molar-refractivity contribution in [2.75, 3.05) is 0 Å². The molecule has 0 N–H and O–H groups in total. The van der Waals surface area contributed by atoms with E-state index in [1.165, 1.54) is 0 Å². The first kappa shape index (κ1) is 28.5. The molecule has 10 rings (SSSR count). The quantitative estimate of drug-likeness (QED) is 0.132. The molecule has 0 aliphatic carbocycles. The summed E-state index contributed by atoms with van der Waals surface area (Å²) in [6, 6.07) is 52.7. The second-order valence-corrected chi connectivity index (χ2v) is 11.7. The number of nitrogens with zero attached hydrogens (tertiary/aromatic N) is 4. The summed E-state index contributed by atoms with van der Waals surface area (Å²) in [4.78, 5) is 10.2. The molecule has 6 heteroatoms. The Morgan fingerprint density at radius 1 is 0.438 bits per heavy atom. The van der Waals surface area contributed by atoms with E-state index in [1.54, 1.807) is 0 Å². The van der Waals surface area contributed by atoms with Gasteiger partial charge in [-0.1, -0.05) is 143 Å². The molecule has 0 fully saturated rings. The molecular formula is C42H24N4OPt. The van der Waals surface area contributed by atoms with Gasteiger partial charge in [-0.25, -0.2) is 0 Å². The van der Waals surface area contributed by atoms with Gasteiger partial charge in [0.15, 0.2) is 0 Å². The van der Waals surface area contributed by atoms with Crippen LogP contribution in [0.3, 0.4) is 0 Å². The molecule has 0 aliphatic heterocycles. The molecule has 0 amide bonds. The maximum atomic E-state index is 6.51. The van der Waals surface area contributed by atoms with Crippen molar-refractivity contribution >= 4 is 54.6 Å². The fourth-order valence-electron chi connectivity index (χ4n) is 6.79. The second-order valence-electron chi connectivity index (χ2n) is 11.7. The molecule has 4 aromatic heterocycles. The number of benzene rings is 6. The number of pyridine rings is 2. The van der Waals surface area contributed by atoms with Gasteiger partial charge in [0.1, 0.15) is 0 Å². The molecule has 48 heavy (non-hydrogen) atoms. The average Bonchev–Trinajstić information content (AvgIpc) is 3.80. The van der Waals surface area contributed by atoms with Crippen LogP contribution in [0.1, 0.15) is 0 Å². The van der Waals surface area contributed by atoms with Crippen LogP contribution >= 0.6 is 0 Å². The van der Waals surface area contributed by atoms with E-state index in [1.807, 2.05) is 48.5 Å². The van der Waals surface area contributed by atoms with Crippen LogP contribution in [0.5, 0.6) is 11.5 Å². The molecule has 0 atom stereocenters. The van der Waals surface area contributed by atoms with Gasteiger partial charge in [-0.05, 0) is 22.9 Å². The van der Waals surface area contributed by atoms with Gasteiger partial charge in [-0.3, -0.25) is 9.97 Å². The van der Waals surface area contributed by atoms with E-state index in [2.05, 4.69) is 118 Å². The first-order valence-corrected chi connectivity index (χ1v) is 15.6. The maximum Gasteiger partial charge on any atom is 2.00 e. The first-order chi connectivity index (χ1) is 23.3. The van der Waals surface area contributed by atoms with E-state index >= 15 is 0 Å². The fourth-order valence-corrected chi connectivity index (χ4v) is 6.79. The Hall–Kier alpha value is -5.77.